The van der Waals surface area contributed by atoms with Gasteiger partial charge in [0.2, 0.25) is 0 Å². The minimum absolute atomic E-state index is 0.0139. The van der Waals surface area contributed by atoms with Crippen LogP contribution in [0.2, 0.25) is 0 Å². The summed E-state index contributed by atoms with van der Waals surface area (Å²) in [6.07, 6.45) is 5.07. The van der Waals surface area contributed by atoms with Crippen molar-refractivity contribution in [2.24, 2.45) is 0 Å². The predicted octanol–water partition coefficient (Wildman–Crippen LogP) is 2.86. The van der Waals surface area contributed by atoms with E-state index in [2.05, 4.69) is 26.0 Å². The molecule has 3 N–H and O–H groups in total. The number of ether oxygens (including phenoxy) is 3. The number of benzene rings is 1. The number of rotatable bonds is 6. The van der Waals surface area contributed by atoms with Crippen molar-refractivity contribution in [3.05, 3.63) is 35.8 Å². The minimum atomic E-state index is -0.449. The molecule has 11 heteroatoms. The maximum atomic E-state index is 14.4. The van der Waals surface area contributed by atoms with E-state index in [4.69, 9.17) is 14.2 Å². The molecule has 0 bridgehead atoms. The number of hydrogen-bond donors (Lipinski definition) is 3. The molecular formula is C23H25FN6O4. The largest absolute Gasteiger partial charge is 0.483 e. The topological polar surface area (TPSA) is 111 Å². The molecule has 0 radical (unpaired) electrons. The van der Waals surface area contributed by atoms with Gasteiger partial charge in [0.1, 0.15) is 35.2 Å². The summed E-state index contributed by atoms with van der Waals surface area (Å²) >= 11 is 0. The van der Waals surface area contributed by atoms with E-state index in [0.717, 1.165) is 25.7 Å². The lowest BCUT2D eigenvalue weighted by Gasteiger charge is -2.35. The first-order chi connectivity index (χ1) is 16.5. The molecule has 6 rings (SSSR count). The number of hydrogen-bond acceptors (Lipinski definition) is 8. The summed E-state index contributed by atoms with van der Waals surface area (Å²) < 4.78 is 33.2. The molecule has 10 nitrogen and oxygen atoms in total. The second-order valence-corrected chi connectivity index (χ2v) is 8.98. The summed E-state index contributed by atoms with van der Waals surface area (Å²) in [4.78, 5) is 17.6. The first kappa shape index (κ1) is 21.0. The molecule has 3 aliphatic rings. The van der Waals surface area contributed by atoms with E-state index in [1.54, 1.807) is 24.7 Å². The Balaban J connectivity index is 1.33. The van der Waals surface area contributed by atoms with Gasteiger partial charge in [0.05, 0.1) is 24.0 Å². The van der Waals surface area contributed by atoms with Crippen LogP contribution in [0.3, 0.4) is 0 Å². The van der Waals surface area contributed by atoms with E-state index < -0.39 is 5.82 Å². The molecule has 1 aliphatic heterocycles. The van der Waals surface area contributed by atoms with Crippen LogP contribution < -0.4 is 25.4 Å². The number of nitrogens with one attached hydrogen (secondary N) is 3. The summed E-state index contributed by atoms with van der Waals surface area (Å²) in [7, 11) is 3.38. The zero-order chi connectivity index (χ0) is 23.4. The van der Waals surface area contributed by atoms with Gasteiger partial charge in [-0.15, -0.1) is 0 Å². The fraction of sp³-hybridized carbons (Fsp3) is 0.435. The highest BCUT2D eigenvalue weighted by molar-refractivity contribution is 6.00. The van der Waals surface area contributed by atoms with Crippen LogP contribution in [0.25, 0.3) is 5.65 Å². The smallest absolute Gasteiger partial charge is 0.257 e. The third kappa shape index (κ3) is 3.47. The number of halogens is 1. The summed E-state index contributed by atoms with van der Waals surface area (Å²) in [5.74, 6) is 1.09. The van der Waals surface area contributed by atoms with Gasteiger partial charge >= 0.3 is 0 Å². The van der Waals surface area contributed by atoms with Crippen molar-refractivity contribution >= 4 is 28.9 Å². The van der Waals surface area contributed by atoms with Gasteiger partial charge in [-0.3, -0.25) is 4.79 Å². The SMILES string of the molecule is CNc1cc(Nc2cc(F)cc3c2OCC2(CC2)O3)nc2c(C(=O)N[C@@H]3CC[C@H]3OC)cnn12. The lowest BCUT2D eigenvalue weighted by molar-refractivity contribution is 0.00732. The molecule has 2 atom stereocenters. The lowest BCUT2D eigenvalue weighted by Crippen LogP contribution is -2.51. The van der Waals surface area contributed by atoms with Gasteiger partial charge in [-0.05, 0) is 25.7 Å². The number of amides is 1. The Labute approximate surface area is 194 Å². The molecule has 3 heterocycles. The number of nitrogens with zero attached hydrogens (tertiary/aromatic N) is 3. The molecule has 34 heavy (non-hydrogen) atoms. The predicted molar refractivity (Wildman–Crippen MR) is 122 cm³/mol. The zero-order valence-electron chi connectivity index (χ0n) is 18.9. The molecule has 1 amide bonds. The van der Waals surface area contributed by atoms with E-state index in [-0.39, 0.29) is 23.7 Å². The van der Waals surface area contributed by atoms with Crippen molar-refractivity contribution in [3.63, 3.8) is 0 Å². The van der Waals surface area contributed by atoms with E-state index in [0.29, 0.717) is 46.6 Å². The number of fused-ring (bicyclic) bond motifs is 2. The van der Waals surface area contributed by atoms with Crippen LogP contribution in [0.1, 0.15) is 36.0 Å². The van der Waals surface area contributed by atoms with E-state index in [1.807, 2.05) is 0 Å². The monoisotopic (exact) mass is 468 g/mol. The quantitative estimate of drug-likeness (QED) is 0.507. The van der Waals surface area contributed by atoms with Crippen molar-refractivity contribution in [1.29, 1.82) is 0 Å². The van der Waals surface area contributed by atoms with Gasteiger partial charge in [-0.1, -0.05) is 0 Å². The first-order valence-corrected chi connectivity index (χ1v) is 11.3. The third-order valence-electron chi connectivity index (χ3n) is 6.70. The summed E-state index contributed by atoms with van der Waals surface area (Å²) in [6, 6.07) is 4.35. The normalized spacial score (nSPS) is 21.7. The average molecular weight is 468 g/mol. The maximum Gasteiger partial charge on any atom is 0.257 e. The van der Waals surface area contributed by atoms with Crippen LogP contribution in [0.15, 0.2) is 24.4 Å². The minimum Gasteiger partial charge on any atom is -0.483 e. The Kier molecular flexibility index (Phi) is 4.76. The molecule has 0 saturated heterocycles. The van der Waals surface area contributed by atoms with Crippen LogP contribution in [-0.2, 0) is 4.74 Å². The number of anilines is 3. The molecular weight excluding hydrogens is 443 g/mol. The van der Waals surface area contributed by atoms with Crippen LogP contribution in [0.5, 0.6) is 11.5 Å². The standard InChI is InChI=1S/C23H25FN6O4/c1-25-19-9-18(27-15-7-12(24)8-17-20(15)33-11-23(34-17)5-6-23)29-21-13(10-26-30(19)21)22(31)28-14-3-4-16(14)32-2/h7-10,14,16,25H,3-6,11H2,1-2H3,(H,27,29)(H,28,31)/t14-,16-/m1/s1. The molecule has 178 valence electrons. The van der Waals surface area contributed by atoms with Crippen molar-refractivity contribution in [2.75, 3.05) is 31.4 Å². The van der Waals surface area contributed by atoms with Crippen LogP contribution in [0, 0.1) is 5.82 Å². The number of methoxy groups -OCH3 is 1. The third-order valence-corrected chi connectivity index (χ3v) is 6.70. The fourth-order valence-corrected chi connectivity index (χ4v) is 4.40. The Morgan fingerprint density at radius 3 is 2.85 bits per heavy atom. The van der Waals surface area contributed by atoms with Crippen LogP contribution >= 0.6 is 0 Å². The Morgan fingerprint density at radius 2 is 2.15 bits per heavy atom. The van der Waals surface area contributed by atoms with Gasteiger partial charge in [-0.2, -0.15) is 9.61 Å². The molecule has 0 unspecified atom stereocenters. The first-order valence-electron chi connectivity index (χ1n) is 11.3. The number of carbonyl (C=O) groups is 1. The van der Waals surface area contributed by atoms with E-state index in [9.17, 15) is 9.18 Å². The summed E-state index contributed by atoms with van der Waals surface area (Å²) in [5, 5.41) is 13.5. The molecule has 1 spiro atoms. The van der Waals surface area contributed by atoms with E-state index in [1.165, 1.54) is 18.3 Å². The Hall–Kier alpha value is -3.60. The highest BCUT2D eigenvalue weighted by Crippen LogP contribution is 2.50. The van der Waals surface area contributed by atoms with Gasteiger partial charge in [0, 0.05) is 32.4 Å². The molecule has 2 aliphatic carbocycles. The fourth-order valence-electron chi connectivity index (χ4n) is 4.40. The molecule has 2 saturated carbocycles. The zero-order valence-corrected chi connectivity index (χ0v) is 18.9. The second-order valence-electron chi connectivity index (χ2n) is 8.98. The number of carbonyl (C=O) groups excluding carboxylic acids is 1. The van der Waals surface area contributed by atoms with Crippen LogP contribution in [0.4, 0.5) is 21.7 Å². The molecule has 1 aromatic carbocycles. The van der Waals surface area contributed by atoms with Gasteiger partial charge in [-0.25, -0.2) is 9.37 Å². The highest BCUT2D eigenvalue weighted by Gasteiger charge is 2.49. The molecule has 2 aromatic heterocycles. The Bertz CT molecular complexity index is 1290. The summed E-state index contributed by atoms with van der Waals surface area (Å²) in [6.45, 7) is 0.422. The second kappa shape index (κ2) is 7.73. The van der Waals surface area contributed by atoms with Crippen LogP contribution in [-0.4, -0.2) is 59.0 Å². The van der Waals surface area contributed by atoms with Crippen molar-refractivity contribution in [3.8, 4) is 11.5 Å². The van der Waals surface area contributed by atoms with Crippen molar-refractivity contribution < 1.29 is 23.4 Å². The Morgan fingerprint density at radius 1 is 1.29 bits per heavy atom. The average Bonchev–Trinajstić information content (AvgIpc) is 3.40. The lowest BCUT2D eigenvalue weighted by atomic mass is 9.89. The maximum absolute atomic E-state index is 14.4. The number of aromatic nitrogens is 3. The summed E-state index contributed by atoms with van der Waals surface area (Å²) in [5.41, 5.74) is 0.765. The molecule has 2 fully saturated rings. The van der Waals surface area contributed by atoms with Gasteiger partial charge in [0.25, 0.3) is 5.91 Å². The van der Waals surface area contributed by atoms with E-state index >= 15 is 0 Å². The van der Waals surface area contributed by atoms with Gasteiger partial charge < -0.3 is 30.2 Å². The van der Waals surface area contributed by atoms with Crippen molar-refractivity contribution in [2.45, 2.75) is 43.4 Å². The molecule has 3 aromatic rings. The highest BCUT2D eigenvalue weighted by atomic mass is 19.1. The van der Waals surface area contributed by atoms with Crippen molar-refractivity contribution in [1.82, 2.24) is 19.9 Å². The van der Waals surface area contributed by atoms with Gasteiger partial charge in [0.15, 0.2) is 17.1 Å².